The topological polar surface area (TPSA) is 81.0 Å². The van der Waals surface area contributed by atoms with Gasteiger partial charge in [-0.3, -0.25) is 10.1 Å². The van der Waals surface area contributed by atoms with E-state index in [1.54, 1.807) is 0 Å². The van der Waals surface area contributed by atoms with E-state index >= 15 is 0 Å². The van der Waals surface area contributed by atoms with Crippen LogP contribution < -0.4 is 5.32 Å². The number of aromatic nitrogens is 2. The molecule has 0 aliphatic heterocycles. The highest BCUT2D eigenvalue weighted by Crippen LogP contribution is 2.28. The summed E-state index contributed by atoms with van der Waals surface area (Å²) in [7, 11) is 0. The second-order valence-corrected chi connectivity index (χ2v) is 5.46. The van der Waals surface area contributed by atoms with Gasteiger partial charge < -0.3 is 5.32 Å². The summed E-state index contributed by atoms with van der Waals surface area (Å²) in [5.41, 5.74) is -0.176. The maximum atomic E-state index is 10.8. The van der Waals surface area contributed by atoms with Gasteiger partial charge in [-0.1, -0.05) is 27.7 Å². The van der Waals surface area contributed by atoms with E-state index in [-0.39, 0.29) is 22.2 Å². The summed E-state index contributed by atoms with van der Waals surface area (Å²) in [6.45, 7) is 8.93. The molecule has 1 heterocycles. The Labute approximate surface area is 111 Å². The lowest BCUT2D eigenvalue weighted by molar-refractivity contribution is -0.384. The Balaban J connectivity index is 2.90. The minimum Gasteiger partial charge on any atom is -0.364 e. The van der Waals surface area contributed by atoms with Crippen LogP contribution in [-0.4, -0.2) is 21.4 Å². The number of hydrogen-bond donors (Lipinski definition) is 1. The Morgan fingerprint density at radius 3 is 2.67 bits per heavy atom. The van der Waals surface area contributed by atoms with Crippen LogP contribution in [0.5, 0.6) is 0 Å². The number of nitro groups is 1. The van der Waals surface area contributed by atoms with Crippen LogP contribution in [0.1, 0.15) is 27.7 Å². The van der Waals surface area contributed by atoms with Gasteiger partial charge in [0.2, 0.25) is 11.1 Å². The van der Waals surface area contributed by atoms with Gasteiger partial charge in [-0.15, -0.1) is 0 Å². The van der Waals surface area contributed by atoms with Crippen molar-refractivity contribution in [2.45, 2.75) is 27.7 Å². The summed E-state index contributed by atoms with van der Waals surface area (Å²) in [6.07, 6.45) is 1.11. The molecule has 100 valence electrons. The maximum absolute atomic E-state index is 10.8. The van der Waals surface area contributed by atoms with Crippen molar-refractivity contribution < 1.29 is 4.92 Å². The molecule has 0 unspecified atom stereocenters. The van der Waals surface area contributed by atoms with Crippen molar-refractivity contribution in [3.05, 3.63) is 21.6 Å². The lowest BCUT2D eigenvalue weighted by Gasteiger charge is -2.29. The molecule has 0 aromatic carbocycles. The minimum absolute atomic E-state index is 0.00864. The van der Waals surface area contributed by atoms with Crippen LogP contribution in [0.4, 0.5) is 11.5 Å². The van der Waals surface area contributed by atoms with Crippen LogP contribution in [0.15, 0.2) is 6.20 Å². The molecule has 0 saturated heterocycles. The van der Waals surface area contributed by atoms with Crippen LogP contribution >= 0.6 is 11.6 Å². The lowest BCUT2D eigenvalue weighted by Crippen LogP contribution is -2.29. The van der Waals surface area contributed by atoms with E-state index in [0.717, 1.165) is 6.20 Å². The van der Waals surface area contributed by atoms with Gasteiger partial charge in [0.1, 0.15) is 6.20 Å². The normalized spacial score (nSPS) is 11.7. The molecule has 7 heteroatoms. The van der Waals surface area contributed by atoms with E-state index in [9.17, 15) is 10.1 Å². The summed E-state index contributed by atoms with van der Waals surface area (Å²) < 4.78 is 0. The molecule has 6 nitrogen and oxygen atoms in total. The summed E-state index contributed by atoms with van der Waals surface area (Å²) in [6, 6.07) is 0. The largest absolute Gasteiger partial charge is 0.364 e. The number of anilines is 1. The van der Waals surface area contributed by atoms with E-state index in [4.69, 9.17) is 11.6 Å². The zero-order chi connectivity index (χ0) is 13.9. The first kappa shape index (κ1) is 14.6. The summed E-state index contributed by atoms with van der Waals surface area (Å²) in [5, 5.41) is 13.8. The molecule has 0 saturated carbocycles. The fraction of sp³-hybridized carbons (Fsp3) is 0.636. The van der Waals surface area contributed by atoms with Crippen LogP contribution in [0.25, 0.3) is 0 Å². The highest BCUT2D eigenvalue weighted by molar-refractivity contribution is 6.28. The van der Waals surface area contributed by atoms with Gasteiger partial charge in [0.05, 0.1) is 4.92 Å². The van der Waals surface area contributed by atoms with Crippen molar-refractivity contribution in [2.75, 3.05) is 11.9 Å². The molecule has 0 fully saturated rings. The van der Waals surface area contributed by atoms with E-state index in [1.807, 2.05) is 0 Å². The van der Waals surface area contributed by atoms with Crippen LogP contribution in [0, 0.1) is 21.4 Å². The molecule has 0 radical (unpaired) electrons. The van der Waals surface area contributed by atoms with Crippen LogP contribution in [0.2, 0.25) is 5.28 Å². The third kappa shape index (κ3) is 3.53. The third-order valence-corrected chi connectivity index (χ3v) is 3.39. The Hall–Kier alpha value is -1.43. The number of rotatable bonds is 5. The molecule has 0 aliphatic rings. The zero-order valence-electron chi connectivity index (χ0n) is 10.9. The number of hydrogen-bond acceptors (Lipinski definition) is 5. The van der Waals surface area contributed by atoms with Crippen LogP contribution in [-0.2, 0) is 0 Å². The van der Waals surface area contributed by atoms with Gasteiger partial charge in [-0.25, -0.2) is 4.98 Å². The SMILES string of the molecule is CC(C)C(C)(C)CNc1nc(Cl)ncc1[N+](=O)[O-]. The average molecular weight is 273 g/mol. The van der Waals surface area contributed by atoms with Gasteiger partial charge in [0.15, 0.2) is 0 Å². The van der Waals surface area contributed by atoms with Crippen molar-refractivity contribution in [3.8, 4) is 0 Å². The molecule has 1 N–H and O–H groups in total. The molecule has 18 heavy (non-hydrogen) atoms. The smallest absolute Gasteiger partial charge is 0.329 e. The highest BCUT2D eigenvalue weighted by Gasteiger charge is 2.24. The molecule has 0 bridgehead atoms. The second-order valence-electron chi connectivity index (χ2n) is 5.13. The summed E-state index contributed by atoms with van der Waals surface area (Å²) in [4.78, 5) is 17.8. The van der Waals surface area contributed by atoms with E-state index in [2.05, 4.69) is 43.0 Å². The van der Waals surface area contributed by atoms with Gasteiger partial charge >= 0.3 is 5.69 Å². The maximum Gasteiger partial charge on any atom is 0.329 e. The Bertz CT molecular complexity index is 449. The molecule has 0 spiro atoms. The van der Waals surface area contributed by atoms with E-state index < -0.39 is 4.92 Å². The quantitative estimate of drug-likeness (QED) is 0.506. The Morgan fingerprint density at radius 1 is 1.56 bits per heavy atom. The monoisotopic (exact) mass is 272 g/mol. The zero-order valence-corrected chi connectivity index (χ0v) is 11.7. The van der Waals surface area contributed by atoms with Crippen molar-refractivity contribution in [1.82, 2.24) is 9.97 Å². The molecule has 1 aromatic rings. The first-order valence-electron chi connectivity index (χ1n) is 5.65. The van der Waals surface area contributed by atoms with E-state index in [1.165, 1.54) is 0 Å². The van der Waals surface area contributed by atoms with Gasteiger partial charge in [-0.05, 0) is 22.9 Å². The van der Waals surface area contributed by atoms with Crippen molar-refractivity contribution in [3.63, 3.8) is 0 Å². The Kier molecular flexibility index (Phi) is 4.45. The average Bonchev–Trinajstić information content (AvgIpc) is 2.26. The molecule has 1 aromatic heterocycles. The summed E-state index contributed by atoms with van der Waals surface area (Å²) >= 11 is 5.65. The predicted molar refractivity (Wildman–Crippen MR) is 70.8 cm³/mol. The third-order valence-electron chi connectivity index (χ3n) is 3.21. The van der Waals surface area contributed by atoms with Crippen LogP contribution in [0.3, 0.4) is 0 Å². The molecule has 1 rings (SSSR count). The fourth-order valence-electron chi connectivity index (χ4n) is 1.13. The number of halogens is 1. The summed E-state index contributed by atoms with van der Waals surface area (Å²) in [5.74, 6) is 0.593. The minimum atomic E-state index is -0.527. The first-order chi connectivity index (χ1) is 8.24. The van der Waals surface area contributed by atoms with Crippen molar-refractivity contribution in [1.29, 1.82) is 0 Å². The molecular weight excluding hydrogens is 256 g/mol. The van der Waals surface area contributed by atoms with Gasteiger partial charge in [0.25, 0.3) is 0 Å². The number of nitrogens with one attached hydrogen (secondary N) is 1. The first-order valence-corrected chi connectivity index (χ1v) is 6.02. The van der Waals surface area contributed by atoms with Gasteiger partial charge in [-0.2, -0.15) is 4.98 Å². The van der Waals surface area contributed by atoms with Crippen molar-refractivity contribution in [2.24, 2.45) is 11.3 Å². The number of nitrogens with zero attached hydrogens (tertiary/aromatic N) is 3. The standard InChI is InChI=1S/C11H17ClN4O2/c1-7(2)11(3,4)6-14-9-8(16(17)18)5-13-10(12)15-9/h5,7H,6H2,1-4H3,(H,13,14,15). The second kappa shape index (κ2) is 5.48. The molecule has 0 atom stereocenters. The highest BCUT2D eigenvalue weighted by atomic mass is 35.5. The predicted octanol–water partition coefficient (Wildman–Crippen LogP) is 3.13. The molecular formula is C11H17ClN4O2. The molecule has 0 aliphatic carbocycles. The Morgan fingerprint density at radius 2 is 2.17 bits per heavy atom. The van der Waals surface area contributed by atoms with Crippen molar-refractivity contribution >= 4 is 23.1 Å². The van der Waals surface area contributed by atoms with E-state index in [0.29, 0.717) is 12.5 Å². The van der Waals surface area contributed by atoms with Gasteiger partial charge in [0, 0.05) is 6.54 Å². The fourth-order valence-corrected chi connectivity index (χ4v) is 1.27. The molecule has 0 amide bonds. The lowest BCUT2D eigenvalue weighted by atomic mass is 9.81.